The summed E-state index contributed by atoms with van der Waals surface area (Å²) in [4.78, 5) is 41.8. The highest BCUT2D eigenvalue weighted by molar-refractivity contribution is 6.53. The maximum atomic E-state index is 14.7. The normalized spacial score (nSPS) is 13.7. The van der Waals surface area contributed by atoms with E-state index >= 15 is 0 Å². The first-order valence-electron chi connectivity index (χ1n) is 10.9. The van der Waals surface area contributed by atoms with E-state index < -0.39 is 23.2 Å². The van der Waals surface area contributed by atoms with Gasteiger partial charge in [-0.25, -0.2) is 14.0 Å². The molecule has 2 amide bonds. The number of aromatic amines is 1. The van der Waals surface area contributed by atoms with Gasteiger partial charge in [0.05, 0.1) is 16.9 Å². The van der Waals surface area contributed by atoms with E-state index in [-0.39, 0.29) is 22.5 Å². The van der Waals surface area contributed by atoms with Crippen molar-refractivity contribution in [1.29, 1.82) is 0 Å². The predicted octanol–water partition coefficient (Wildman–Crippen LogP) is 3.75. The molecular formula is C26H19ClFN4O3+. The summed E-state index contributed by atoms with van der Waals surface area (Å²) in [5, 5.41) is 3.55. The van der Waals surface area contributed by atoms with Crippen molar-refractivity contribution in [2.45, 2.75) is 13.3 Å². The Morgan fingerprint density at radius 1 is 0.914 bits per heavy atom. The summed E-state index contributed by atoms with van der Waals surface area (Å²) >= 11 is 5.99. The number of H-pyrrole nitrogens is 1. The van der Waals surface area contributed by atoms with Gasteiger partial charge in [-0.15, -0.1) is 0 Å². The second-order valence-electron chi connectivity index (χ2n) is 7.84. The van der Waals surface area contributed by atoms with Crippen LogP contribution in [0.5, 0.6) is 0 Å². The molecule has 1 aliphatic rings. The van der Waals surface area contributed by atoms with E-state index in [1.54, 1.807) is 54.9 Å². The van der Waals surface area contributed by atoms with E-state index in [2.05, 4.69) is 5.10 Å². The highest BCUT2D eigenvalue weighted by Crippen LogP contribution is 2.34. The largest absolute Gasteiger partial charge is 0.331 e. The van der Waals surface area contributed by atoms with Gasteiger partial charge in [-0.2, -0.15) is 4.57 Å². The number of halogens is 2. The molecule has 5 rings (SSSR count). The Kier molecular flexibility index (Phi) is 5.66. The van der Waals surface area contributed by atoms with Crippen LogP contribution < -0.4 is 15.0 Å². The molecule has 7 nitrogen and oxygen atoms in total. The number of carbonyl (C=O) groups is 2. The SMILES string of the molecule is CCc1[nH]n(-c2ccc(Cl)cc2)c(=O)c1C1=C([n+]2ccccc2)C(=O)N(c2ccccc2F)C1=O. The van der Waals surface area contributed by atoms with Crippen molar-refractivity contribution in [3.63, 3.8) is 0 Å². The number of anilines is 1. The Balaban J connectivity index is 1.78. The van der Waals surface area contributed by atoms with Gasteiger partial charge in [-0.1, -0.05) is 36.7 Å². The summed E-state index contributed by atoms with van der Waals surface area (Å²) in [5.41, 5.74) is 0.213. The first-order valence-corrected chi connectivity index (χ1v) is 11.2. The van der Waals surface area contributed by atoms with Crippen molar-refractivity contribution >= 4 is 40.4 Å². The second kappa shape index (κ2) is 8.81. The molecule has 1 N–H and O–H groups in total. The molecule has 0 fully saturated rings. The zero-order valence-corrected chi connectivity index (χ0v) is 19.3. The van der Waals surface area contributed by atoms with Crippen LogP contribution >= 0.6 is 11.6 Å². The van der Waals surface area contributed by atoms with Gasteiger partial charge < -0.3 is 0 Å². The number of para-hydroxylation sites is 1. The number of aromatic nitrogens is 3. The van der Waals surface area contributed by atoms with Crippen LogP contribution in [0.25, 0.3) is 17.0 Å². The molecule has 0 atom stereocenters. The molecular weight excluding hydrogens is 471 g/mol. The van der Waals surface area contributed by atoms with Gasteiger partial charge in [-0.05, 0) is 42.8 Å². The molecule has 3 heterocycles. The van der Waals surface area contributed by atoms with Crippen LogP contribution in [0, 0.1) is 5.82 Å². The van der Waals surface area contributed by atoms with E-state index in [9.17, 15) is 18.8 Å². The average molecular weight is 490 g/mol. The molecule has 174 valence electrons. The number of benzene rings is 2. The van der Waals surface area contributed by atoms with E-state index in [1.807, 2.05) is 6.92 Å². The second-order valence-corrected chi connectivity index (χ2v) is 8.28. The lowest BCUT2D eigenvalue weighted by atomic mass is 10.0. The summed E-state index contributed by atoms with van der Waals surface area (Å²) in [6, 6.07) is 17.3. The van der Waals surface area contributed by atoms with Crippen molar-refractivity contribution in [2.75, 3.05) is 4.90 Å². The smallest absolute Gasteiger partial charge is 0.294 e. The summed E-state index contributed by atoms with van der Waals surface area (Å²) in [5.74, 6) is -2.23. The lowest BCUT2D eigenvalue weighted by Gasteiger charge is -2.14. The highest BCUT2D eigenvalue weighted by Gasteiger charge is 2.48. The van der Waals surface area contributed by atoms with Crippen LogP contribution in [0.1, 0.15) is 18.2 Å². The van der Waals surface area contributed by atoms with Crippen LogP contribution in [-0.4, -0.2) is 21.6 Å². The van der Waals surface area contributed by atoms with E-state index in [1.165, 1.54) is 33.5 Å². The van der Waals surface area contributed by atoms with Crippen LogP contribution in [0.3, 0.4) is 0 Å². The third-order valence-electron chi connectivity index (χ3n) is 5.78. The summed E-state index contributed by atoms with van der Waals surface area (Å²) in [6.45, 7) is 1.83. The van der Waals surface area contributed by atoms with Gasteiger partial charge in [0.2, 0.25) is 0 Å². The topological polar surface area (TPSA) is 79.1 Å². The zero-order chi connectivity index (χ0) is 24.7. The molecule has 9 heteroatoms. The fraction of sp³-hybridized carbons (Fsp3) is 0.0769. The molecule has 0 radical (unpaired) electrons. The average Bonchev–Trinajstić information content (AvgIpc) is 3.32. The molecule has 0 saturated heterocycles. The Hall–Kier alpha value is -4.30. The lowest BCUT2D eigenvalue weighted by molar-refractivity contribution is -0.576. The number of pyridine rings is 1. The van der Waals surface area contributed by atoms with Crippen molar-refractivity contribution in [3.8, 4) is 5.69 Å². The molecule has 1 aliphatic heterocycles. The van der Waals surface area contributed by atoms with E-state index in [0.717, 1.165) is 4.90 Å². The summed E-state index contributed by atoms with van der Waals surface area (Å²) in [7, 11) is 0. The number of imide groups is 1. The van der Waals surface area contributed by atoms with Crippen molar-refractivity contribution in [1.82, 2.24) is 9.78 Å². The molecule has 0 aliphatic carbocycles. The molecule has 35 heavy (non-hydrogen) atoms. The Labute approximate surface area is 204 Å². The number of hydrogen-bond donors (Lipinski definition) is 1. The number of aryl methyl sites for hydroxylation is 1. The van der Waals surface area contributed by atoms with Crippen LogP contribution in [0.2, 0.25) is 5.02 Å². The molecule has 2 aromatic carbocycles. The van der Waals surface area contributed by atoms with Crippen LogP contribution in [0.4, 0.5) is 10.1 Å². The monoisotopic (exact) mass is 489 g/mol. The zero-order valence-electron chi connectivity index (χ0n) is 18.5. The van der Waals surface area contributed by atoms with Gasteiger partial charge in [0.1, 0.15) is 11.4 Å². The fourth-order valence-electron chi connectivity index (χ4n) is 4.15. The highest BCUT2D eigenvalue weighted by atomic mass is 35.5. The van der Waals surface area contributed by atoms with E-state index in [4.69, 9.17) is 11.6 Å². The Morgan fingerprint density at radius 2 is 1.60 bits per heavy atom. The molecule has 0 unspecified atom stereocenters. The van der Waals surface area contributed by atoms with Gasteiger partial charge in [0, 0.05) is 22.8 Å². The standard InChI is InChI=1S/C26H18ClFN4O3/c1-2-19-21(25(34)32(29-19)17-12-10-16(27)11-13-17)22-23(30-14-6-3-7-15-30)26(35)31(24(22)33)20-9-5-4-8-18(20)28/h3-15H,2H2,1H3/p+1. The lowest BCUT2D eigenvalue weighted by Crippen LogP contribution is -2.39. The third-order valence-corrected chi connectivity index (χ3v) is 6.03. The minimum absolute atomic E-state index is 0.0343. The van der Waals surface area contributed by atoms with Crippen LogP contribution in [-0.2, 0) is 16.0 Å². The molecule has 0 saturated carbocycles. The third kappa shape index (κ3) is 3.68. The number of rotatable bonds is 5. The van der Waals surface area contributed by atoms with E-state index in [0.29, 0.717) is 22.8 Å². The summed E-state index contributed by atoms with van der Waals surface area (Å²) in [6.07, 6.45) is 3.57. The molecule has 4 aromatic rings. The first-order chi connectivity index (χ1) is 16.9. The maximum Gasteiger partial charge on any atom is 0.331 e. The van der Waals surface area contributed by atoms with Crippen molar-refractivity contribution in [2.24, 2.45) is 0 Å². The summed E-state index contributed by atoms with van der Waals surface area (Å²) < 4.78 is 17.4. The molecule has 0 bridgehead atoms. The quantitative estimate of drug-likeness (QED) is 0.342. The van der Waals surface area contributed by atoms with Crippen LogP contribution in [0.15, 0.2) is 83.9 Å². The number of hydrogen-bond acceptors (Lipinski definition) is 3. The maximum absolute atomic E-state index is 14.7. The predicted molar refractivity (Wildman–Crippen MR) is 129 cm³/mol. The number of carbonyl (C=O) groups excluding carboxylic acids is 2. The van der Waals surface area contributed by atoms with Gasteiger partial charge in [0.15, 0.2) is 12.4 Å². The Bertz CT molecular complexity index is 1560. The Morgan fingerprint density at radius 3 is 2.26 bits per heavy atom. The number of amides is 2. The minimum atomic E-state index is -0.777. The minimum Gasteiger partial charge on any atom is -0.294 e. The van der Waals surface area contributed by atoms with Crippen molar-refractivity contribution in [3.05, 3.63) is 112 Å². The van der Waals surface area contributed by atoms with Crippen molar-refractivity contribution < 1.29 is 18.5 Å². The number of nitrogens with one attached hydrogen (secondary N) is 1. The van der Waals surface area contributed by atoms with Gasteiger partial charge in [-0.3, -0.25) is 19.5 Å². The number of nitrogens with zero attached hydrogens (tertiary/aromatic N) is 3. The fourth-order valence-corrected chi connectivity index (χ4v) is 4.28. The van der Waals surface area contributed by atoms with Gasteiger partial charge >= 0.3 is 5.91 Å². The first kappa shape index (κ1) is 22.5. The molecule has 2 aromatic heterocycles. The molecule has 0 spiro atoms. The van der Waals surface area contributed by atoms with Gasteiger partial charge in [0.25, 0.3) is 17.2 Å².